The van der Waals surface area contributed by atoms with Crippen molar-refractivity contribution in [2.75, 3.05) is 5.88 Å². The van der Waals surface area contributed by atoms with Crippen molar-refractivity contribution in [1.29, 1.82) is 0 Å². The number of hydrogen-bond donors (Lipinski definition) is 0. The van der Waals surface area contributed by atoms with E-state index in [0.717, 1.165) is 12.0 Å². The highest BCUT2D eigenvalue weighted by atomic mass is 35.5. The molecule has 1 atom stereocenters. The van der Waals surface area contributed by atoms with Crippen LogP contribution in [0, 0.1) is 11.8 Å². The lowest BCUT2D eigenvalue weighted by Crippen LogP contribution is -2.17. The SMILES string of the molecule is CC(C)C(CCl)Cc1ccc(OC(F)(F)F)cc1. The summed E-state index contributed by atoms with van der Waals surface area (Å²) >= 11 is 5.86. The van der Waals surface area contributed by atoms with E-state index in [-0.39, 0.29) is 5.75 Å². The second-order valence-corrected chi connectivity index (χ2v) is 4.86. The molecule has 0 radical (unpaired) electrons. The predicted molar refractivity (Wildman–Crippen MR) is 65.9 cm³/mol. The van der Waals surface area contributed by atoms with Gasteiger partial charge in [0.1, 0.15) is 5.75 Å². The van der Waals surface area contributed by atoms with Crippen molar-refractivity contribution in [1.82, 2.24) is 0 Å². The third kappa shape index (κ3) is 5.17. The molecular formula is C13H16ClF3O. The van der Waals surface area contributed by atoms with E-state index in [4.69, 9.17) is 11.6 Å². The van der Waals surface area contributed by atoms with E-state index in [1.165, 1.54) is 12.1 Å². The van der Waals surface area contributed by atoms with Crippen LogP contribution >= 0.6 is 11.6 Å². The summed E-state index contributed by atoms with van der Waals surface area (Å²) in [6, 6.07) is 5.94. The molecule has 1 nitrogen and oxygen atoms in total. The van der Waals surface area contributed by atoms with Crippen LogP contribution in [-0.2, 0) is 6.42 Å². The van der Waals surface area contributed by atoms with Gasteiger partial charge in [0.2, 0.25) is 0 Å². The van der Waals surface area contributed by atoms with Crippen molar-refractivity contribution in [3.63, 3.8) is 0 Å². The summed E-state index contributed by atoms with van der Waals surface area (Å²) in [6.45, 7) is 4.16. The van der Waals surface area contributed by atoms with E-state index in [2.05, 4.69) is 18.6 Å². The minimum atomic E-state index is -4.64. The first-order valence-electron chi connectivity index (χ1n) is 5.72. The summed E-state index contributed by atoms with van der Waals surface area (Å²) in [6.07, 6.45) is -3.88. The summed E-state index contributed by atoms with van der Waals surface area (Å²) in [5, 5.41) is 0. The lowest BCUT2D eigenvalue weighted by atomic mass is 9.91. The van der Waals surface area contributed by atoms with Crippen LogP contribution in [0.4, 0.5) is 13.2 Å². The molecule has 5 heteroatoms. The fourth-order valence-electron chi connectivity index (χ4n) is 1.60. The monoisotopic (exact) mass is 280 g/mol. The highest BCUT2D eigenvalue weighted by Gasteiger charge is 2.30. The Labute approximate surface area is 110 Å². The first kappa shape index (κ1) is 15.2. The minimum absolute atomic E-state index is 0.196. The highest BCUT2D eigenvalue weighted by Crippen LogP contribution is 2.24. The molecular weight excluding hydrogens is 265 g/mol. The van der Waals surface area contributed by atoms with Gasteiger partial charge in [0.05, 0.1) is 0 Å². The quantitative estimate of drug-likeness (QED) is 0.714. The van der Waals surface area contributed by atoms with Crippen LogP contribution in [0.15, 0.2) is 24.3 Å². The molecule has 0 aliphatic heterocycles. The van der Waals surface area contributed by atoms with Gasteiger partial charge in [0, 0.05) is 5.88 Å². The molecule has 102 valence electrons. The number of benzene rings is 1. The maximum absolute atomic E-state index is 12.0. The summed E-state index contributed by atoms with van der Waals surface area (Å²) in [7, 11) is 0. The summed E-state index contributed by atoms with van der Waals surface area (Å²) in [5.74, 6) is 1.10. The fraction of sp³-hybridized carbons (Fsp3) is 0.538. The Morgan fingerprint density at radius 1 is 1.17 bits per heavy atom. The normalized spacial score (nSPS) is 13.7. The van der Waals surface area contributed by atoms with Crippen molar-refractivity contribution < 1.29 is 17.9 Å². The molecule has 0 aliphatic carbocycles. The summed E-state index contributed by atoms with van der Waals surface area (Å²) < 4.78 is 39.7. The van der Waals surface area contributed by atoms with E-state index in [1.807, 2.05) is 0 Å². The zero-order chi connectivity index (χ0) is 13.8. The number of hydrogen-bond acceptors (Lipinski definition) is 1. The van der Waals surface area contributed by atoms with Gasteiger partial charge in [0.25, 0.3) is 0 Å². The second-order valence-electron chi connectivity index (χ2n) is 4.55. The van der Waals surface area contributed by atoms with Gasteiger partial charge >= 0.3 is 6.36 Å². The molecule has 1 aromatic rings. The molecule has 18 heavy (non-hydrogen) atoms. The average Bonchev–Trinajstić information content (AvgIpc) is 2.25. The Morgan fingerprint density at radius 3 is 2.11 bits per heavy atom. The van der Waals surface area contributed by atoms with Crippen LogP contribution < -0.4 is 4.74 Å². The van der Waals surface area contributed by atoms with Crippen LogP contribution in [-0.4, -0.2) is 12.2 Å². The molecule has 0 aromatic heterocycles. The van der Waals surface area contributed by atoms with Gasteiger partial charge < -0.3 is 4.74 Å². The van der Waals surface area contributed by atoms with E-state index in [0.29, 0.717) is 17.7 Å². The van der Waals surface area contributed by atoms with Crippen LogP contribution in [0.2, 0.25) is 0 Å². The zero-order valence-electron chi connectivity index (χ0n) is 10.3. The molecule has 0 spiro atoms. The van der Waals surface area contributed by atoms with Gasteiger partial charge in [-0.2, -0.15) is 0 Å². The van der Waals surface area contributed by atoms with E-state index < -0.39 is 6.36 Å². The van der Waals surface area contributed by atoms with Crippen molar-refractivity contribution >= 4 is 11.6 Å². The van der Waals surface area contributed by atoms with Gasteiger partial charge in [-0.25, -0.2) is 0 Å². The van der Waals surface area contributed by atoms with Gasteiger partial charge in [-0.05, 0) is 36.0 Å². The molecule has 0 bridgehead atoms. The average molecular weight is 281 g/mol. The molecule has 0 aliphatic rings. The molecule has 0 N–H and O–H groups in total. The third-order valence-electron chi connectivity index (χ3n) is 2.80. The number of halogens is 4. The smallest absolute Gasteiger partial charge is 0.406 e. The van der Waals surface area contributed by atoms with Crippen LogP contribution in [0.5, 0.6) is 5.75 Å². The molecule has 1 aromatic carbocycles. The number of ether oxygens (including phenoxy) is 1. The Hall–Kier alpha value is -0.900. The van der Waals surface area contributed by atoms with Gasteiger partial charge in [-0.3, -0.25) is 0 Å². The maximum Gasteiger partial charge on any atom is 0.573 e. The Morgan fingerprint density at radius 2 is 1.72 bits per heavy atom. The maximum atomic E-state index is 12.0. The van der Waals surface area contributed by atoms with Crippen LogP contribution in [0.1, 0.15) is 19.4 Å². The first-order valence-corrected chi connectivity index (χ1v) is 6.26. The summed E-state index contributed by atoms with van der Waals surface area (Å²) in [4.78, 5) is 0. The lowest BCUT2D eigenvalue weighted by molar-refractivity contribution is -0.274. The predicted octanol–water partition coefficient (Wildman–Crippen LogP) is 4.64. The molecule has 0 amide bonds. The molecule has 1 rings (SSSR count). The van der Waals surface area contributed by atoms with Crippen molar-refractivity contribution in [2.24, 2.45) is 11.8 Å². The van der Waals surface area contributed by atoms with Gasteiger partial charge in [0.15, 0.2) is 0 Å². The molecule has 0 heterocycles. The van der Waals surface area contributed by atoms with Crippen LogP contribution in [0.3, 0.4) is 0 Å². The summed E-state index contributed by atoms with van der Waals surface area (Å²) in [5.41, 5.74) is 0.962. The second kappa shape index (κ2) is 6.32. The number of alkyl halides is 4. The Kier molecular flexibility index (Phi) is 5.32. The Bertz CT molecular complexity index is 359. The Balaban J connectivity index is 2.65. The van der Waals surface area contributed by atoms with E-state index >= 15 is 0 Å². The topological polar surface area (TPSA) is 9.23 Å². The standard InChI is InChI=1S/C13H16ClF3O/c1-9(2)11(8-14)7-10-3-5-12(6-4-10)18-13(15,16)17/h3-6,9,11H,7-8H2,1-2H3. The largest absolute Gasteiger partial charge is 0.573 e. The number of rotatable bonds is 5. The van der Waals surface area contributed by atoms with Crippen LogP contribution in [0.25, 0.3) is 0 Å². The van der Waals surface area contributed by atoms with E-state index in [9.17, 15) is 13.2 Å². The molecule has 0 saturated heterocycles. The van der Waals surface area contributed by atoms with Gasteiger partial charge in [-0.15, -0.1) is 24.8 Å². The van der Waals surface area contributed by atoms with Crippen molar-refractivity contribution in [3.05, 3.63) is 29.8 Å². The molecule has 1 unspecified atom stereocenters. The molecule has 0 fully saturated rings. The zero-order valence-corrected chi connectivity index (χ0v) is 11.1. The van der Waals surface area contributed by atoms with E-state index in [1.54, 1.807) is 12.1 Å². The van der Waals surface area contributed by atoms with Gasteiger partial charge in [-0.1, -0.05) is 26.0 Å². The molecule has 0 saturated carbocycles. The fourth-order valence-corrected chi connectivity index (χ4v) is 2.06. The highest BCUT2D eigenvalue weighted by molar-refractivity contribution is 6.18. The van der Waals surface area contributed by atoms with Crippen molar-refractivity contribution in [3.8, 4) is 5.75 Å². The first-order chi connectivity index (χ1) is 8.31. The third-order valence-corrected chi connectivity index (χ3v) is 3.19. The lowest BCUT2D eigenvalue weighted by Gasteiger charge is -2.18. The minimum Gasteiger partial charge on any atom is -0.406 e. The van der Waals surface area contributed by atoms with Crippen molar-refractivity contribution in [2.45, 2.75) is 26.6 Å².